The van der Waals surface area contributed by atoms with Crippen molar-refractivity contribution in [1.82, 2.24) is 4.90 Å². The van der Waals surface area contributed by atoms with Crippen LogP contribution in [-0.4, -0.2) is 22.9 Å². The molecule has 1 aromatic rings. The number of nitrogens with zero attached hydrogens (tertiary/aromatic N) is 1. The molecule has 0 aromatic heterocycles. The Morgan fingerprint density at radius 1 is 1.05 bits per heavy atom. The minimum atomic E-state index is 0.260. The summed E-state index contributed by atoms with van der Waals surface area (Å²) in [6, 6.07) is 9.05. The Balaban J connectivity index is 1.78. The van der Waals surface area contributed by atoms with Crippen molar-refractivity contribution >= 4 is 5.91 Å². The summed E-state index contributed by atoms with van der Waals surface area (Å²) in [7, 11) is 0. The minimum Gasteiger partial charge on any atom is -0.333 e. The molecule has 2 aliphatic rings. The lowest BCUT2D eigenvalue weighted by molar-refractivity contribution is 0.0593. The van der Waals surface area contributed by atoms with Crippen molar-refractivity contribution in [3.05, 3.63) is 35.4 Å². The fourth-order valence-electron chi connectivity index (χ4n) is 3.43. The summed E-state index contributed by atoms with van der Waals surface area (Å²) in [5, 5.41) is 0. The van der Waals surface area contributed by atoms with Gasteiger partial charge in [-0.1, -0.05) is 24.6 Å². The molecule has 0 N–H and O–H groups in total. The zero-order valence-electron chi connectivity index (χ0n) is 12.6. The molecule has 2 aliphatic carbocycles. The molecule has 2 nitrogen and oxygen atoms in total. The van der Waals surface area contributed by atoms with Gasteiger partial charge in [-0.15, -0.1) is 0 Å². The first-order valence-corrected chi connectivity index (χ1v) is 8.04. The number of carbonyl (C=O) groups is 1. The molecule has 3 rings (SSSR count). The van der Waals surface area contributed by atoms with E-state index in [2.05, 4.69) is 24.8 Å². The van der Waals surface area contributed by atoms with Crippen LogP contribution in [0.2, 0.25) is 0 Å². The Morgan fingerprint density at radius 3 is 2.20 bits per heavy atom. The molecular formula is C18H25NO. The third-order valence-electron chi connectivity index (χ3n) is 4.82. The minimum absolute atomic E-state index is 0.260. The lowest BCUT2D eigenvalue weighted by Crippen LogP contribution is -2.43. The molecule has 2 saturated carbocycles. The number of carbonyl (C=O) groups excluding carboxylic acids is 1. The average molecular weight is 271 g/mol. The molecule has 0 bridgehead atoms. The van der Waals surface area contributed by atoms with E-state index in [-0.39, 0.29) is 5.91 Å². The van der Waals surface area contributed by atoms with E-state index in [0.717, 1.165) is 11.5 Å². The van der Waals surface area contributed by atoms with E-state index in [9.17, 15) is 4.79 Å². The van der Waals surface area contributed by atoms with Crippen LogP contribution in [0.25, 0.3) is 0 Å². The third kappa shape index (κ3) is 2.89. The lowest BCUT2D eigenvalue weighted by Gasteiger charge is -2.36. The van der Waals surface area contributed by atoms with Crippen LogP contribution in [0, 0.1) is 12.8 Å². The predicted molar refractivity (Wildman–Crippen MR) is 81.8 cm³/mol. The van der Waals surface area contributed by atoms with Crippen molar-refractivity contribution in [3.63, 3.8) is 0 Å². The maximum Gasteiger partial charge on any atom is 0.254 e. The van der Waals surface area contributed by atoms with E-state index in [1.165, 1.54) is 44.1 Å². The molecule has 2 heteroatoms. The summed E-state index contributed by atoms with van der Waals surface area (Å²) in [4.78, 5) is 15.1. The molecule has 0 spiro atoms. The van der Waals surface area contributed by atoms with E-state index >= 15 is 0 Å². The molecule has 20 heavy (non-hydrogen) atoms. The van der Waals surface area contributed by atoms with Gasteiger partial charge in [0, 0.05) is 17.6 Å². The Bertz CT molecular complexity index is 484. The van der Waals surface area contributed by atoms with Crippen molar-refractivity contribution in [3.8, 4) is 0 Å². The van der Waals surface area contributed by atoms with Crippen LogP contribution in [0.3, 0.4) is 0 Å². The fraction of sp³-hybridized carbons (Fsp3) is 0.611. The second-order valence-electron chi connectivity index (χ2n) is 6.73. The van der Waals surface area contributed by atoms with Gasteiger partial charge in [0.05, 0.1) is 0 Å². The van der Waals surface area contributed by atoms with Crippen molar-refractivity contribution in [2.45, 2.75) is 64.5 Å². The van der Waals surface area contributed by atoms with E-state index in [0.29, 0.717) is 12.1 Å². The molecule has 0 saturated heterocycles. The summed E-state index contributed by atoms with van der Waals surface area (Å²) in [6.45, 7) is 4.39. The van der Waals surface area contributed by atoms with Crippen LogP contribution < -0.4 is 0 Å². The summed E-state index contributed by atoms with van der Waals surface area (Å²) in [5.74, 6) is 1.09. The number of benzene rings is 1. The highest BCUT2D eigenvalue weighted by molar-refractivity contribution is 5.95. The van der Waals surface area contributed by atoms with Crippen LogP contribution in [0.15, 0.2) is 24.3 Å². The first kappa shape index (κ1) is 13.7. The smallest absolute Gasteiger partial charge is 0.254 e. The van der Waals surface area contributed by atoms with E-state index in [4.69, 9.17) is 0 Å². The highest BCUT2D eigenvalue weighted by Crippen LogP contribution is 2.36. The Labute approximate surface area is 122 Å². The van der Waals surface area contributed by atoms with Gasteiger partial charge in [0.25, 0.3) is 5.91 Å². The SMILES string of the molecule is Cc1cccc(C(=O)N(C2CCC(C)CC2)C2CC2)c1. The van der Waals surface area contributed by atoms with Gasteiger partial charge in [-0.3, -0.25) is 4.79 Å². The van der Waals surface area contributed by atoms with Gasteiger partial charge in [-0.2, -0.15) is 0 Å². The maximum absolute atomic E-state index is 12.9. The molecule has 0 heterocycles. The average Bonchev–Trinajstić information content (AvgIpc) is 3.26. The number of amides is 1. The molecule has 108 valence electrons. The Morgan fingerprint density at radius 2 is 1.65 bits per heavy atom. The van der Waals surface area contributed by atoms with Crippen LogP contribution >= 0.6 is 0 Å². The normalized spacial score (nSPS) is 26.3. The zero-order chi connectivity index (χ0) is 14.1. The van der Waals surface area contributed by atoms with Gasteiger partial charge in [-0.05, 0) is 63.5 Å². The van der Waals surface area contributed by atoms with Gasteiger partial charge in [-0.25, -0.2) is 0 Å². The van der Waals surface area contributed by atoms with Gasteiger partial charge in [0.2, 0.25) is 0 Å². The van der Waals surface area contributed by atoms with Crippen molar-refractivity contribution in [1.29, 1.82) is 0 Å². The van der Waals surface area contributed by atoms with Crippen LogP contribution in [0.5, 0.6) is 0 Å². The monoisotopic (exact) mass is 271 g/mol. The fourth-order valence-corrected chi connectivity index (χ4v) is 3.43. The van der Waals surface area contributed by atoms with Crippen LogP contribution in [0.4, 0.5) is 0 Å². The molecule has 0 atom stereocenters. The number of hydrogen-bond donors (Lipinski definition) is 0. The Kier molecular flexibility index (Phi) is 3.82. The molecule has 0 radical (unpaired) electrons. The predicted octanol–water partition coefficient (Wildman–Crippen LogP) is 4.18. The highest BCUT2D eigenvalue weighted by Gasteiger charge is 2.38. The summed E-state index contributed by atoms with van der Waals surface area (Å²) >= 11 is 0. The number of aryl methyl sites for hydroxylation is 1. The Hall–Kier alpha value is -1.31. The van der Waals surface area contributed by atoms with Crippen molar-refractivity contribution in [2.24, 2.45) is 5.92 Å². The molecular weight excluding hydrogens is 246 g/mol. The van der Waals surface area contributed by atoms with Crippen molar-refractivity contribution in [2.75, 3.05) is 0 Å². The summed E-state index contributed by atoms with van der Waals surface area (Å²) < 4.78 is 0. The summed E-state index contributed by atoms with van der Waals surface area (Å²) in [5.41, 5.74) is 2.04. The second kappa shape index (κ2) is 5.59. The highest BCUT2D eigenvalue weighted by atomic mass is 16.2. The van der Waals surface area contributed by atoms with E-state index in [1.807, 2.05) is 18.2 Å². The third-order valence-corrected chi connectivity index (χ3v) is 4.82. The molecule has 1 aromatic carbocycles. The molecule has 0 unspecified atom stereocenters. The standard InChI is InChI=1S/C18H25NO/c1-13-6-8-16(9-7-13)19(17-10-11-17)18(20)15-5-3-4-14(2)12-15/h3-5,12-13,16-17H,6-11H2,1-2H3. The van der Waals surface area contributed by atoms with Gasteiger partial charge >= 0.3 is 0 Å². The quantitative estimate of drug-likeness (QED) is 0.807. The molecule has 1 amide bonds. The topological polar surface area (TPSA) is 20.3 Å². The first-order chi connectivity index (χ1) is 9.65. The van der Waals surface area contributed by atoms with Crippen LogP contribution in [-0.2, 0) is 0 Å². The first-order valence-electron chi connectivity index (χ1n) is 8.04. The zero-order valence-corrected chi connectivity index (χ0v) is 12.6. The number of hydrogen-bond acceptors (Lipinski definition) is 1. The number of rotatable bonds is 3. The van der Waals surface area contributed by atoms with E-state index < -0.39 is 0 Å². The van der Waals surface area contributed by atoms with Gasteiger partial charge < -0.3 is 4.90 Å². The molecule has 0 aliphatic heterocycles. The van der Waals surface area contributed by atoms with E-state index in [1.54, 1.807) is 0 Å². The van der Waals surface area contributed by atoms with Crippen LogP contribution in [0.1, 0.15) is 61.4 Å². The lowest BCUT2D eigenvalue weighted by atomic mass is 9.86. The largest absolute Gasteiger partial charge is 0.333 e. The second-order valence-corrected chi connectivity index (χ2v) is 6.73. The maximum atomic E-state index is 12.9. The van der Waals surface area contributed by atoms with Crippen molar-refractivity contribution < 1.29 is 4.79 Å². The van der Waals surface area contributed by atoms with Gasteiger partial charge in [0.1, 0.15) is 0 Å². The molecule has 2 fully saturated rings. The van der Waals surface area contributed by atoms with Gasteiger partial charge in [0.15, 0.2) is 0 Å². The summed E-state index contributed by atoms with van der Waals surface area (Å²) in [6.07, 6.45) is 7.32.